The van der Waals surface area contributed by atoms with Crippen LogP contribution in [-0.2, 0) is 11.3 Å². The van der Waals surface area contributed by atoms with Crippen LogP contribution in [0.25, 0.3) is 10.8 Å². The second-order valence-corrected chi connectivity index (χ2v) is 4.81. The van der Waals surface area contributed by atoms with Crippen LogP contribution in [0.3, 0.4) is 0 Å². The van der Waals surface area contributed by atoms with Crippen molar-refractivity contribution >= 4 is 29.1 Å². The molecule has 20 heavy (non-hydrogen) atoms. The molecule has 0 aliphatic carbocycles. The van der Waals surface area contributed by atoms with Crippen LogP contribution in [-0.4, -0.2) is 19.5 Å². The Hall–Kier alpha value is -1.58. The average molecular weight is 293 g/mol. The van der Waals surface area contributed by atoms with Gasteiger partial charge in [0.1, 0.15) is 0 Å². The van der Waals surface area contributed by atoms with Crippen LogP contribution in [0.4, 0.5) is 0 Å². The summed E-state index contributed by atoms with van der Waals surface area (Å²) in [5.41, 5.74) is 1.16. The summed E-state index contributed by atoms with van der Waals surface area (Å²) in [7, 11) is 1.86. The molecule has 1 amide bonds. The number of hydrogen-bond donors (Lipinski definition) is 2. The minimum Gasteiger partial charge on any atom is -0.352 e. The van der Waals surface area contributed by atoms with E-state index in [0.29, 0.717) is 13.1 Å². The number of nitrogens with one attached hydrogen (secondary N) is 2. The van der Waals surface area contributed by atoms with Crippen molar-refractivity contribution in [1.82, 2.24) is 10.6 Å². The van der Waals surface area contributed by atoms with E-state index in [1.165, 1.54) is 10.8 Å². The molecular weight excluding hydrogens is 272 g/mol. The van der Waals surface area contributed by atoms with Gasteiger partial charge in [-0.2, -0.15) is 0 Å². The van der Waals surface area contributed by atoms with Crippen molar-refractivity contribution in [1.29, 1.82) is 0 Å². The number of benzene rings is 2. The lowest BCUT2D eigenvalue weighted by Crippen LogP contribution is -2.33. The van der Waals surface area contributed by atoms with Crippen LogP contribution in [0.2, 0.25) is 0 Å². The molecule has 0 saturated heterocycles. The smallest absolute Gasteiger partial charge is 0.224 e. The number of rotatable bonds is 5. The molecule has 2 aromatic carbocycles. The summed E-state index contributed by atoms with van der Waals surface area (Å²) >= 11 is 0. The maximum atomic E-state index is 11.9. The highest BCUT2D eigenvalue weighted by Crippen LogP contribution is 2.18. The Bertz CT molecular complexity index is 566. The van der Waals surface area contributed by atoms with E-state index >= 15 is 0 Å². The largest absolute Gasteiger partial charge is 0.352 e. The second-order valence-electron chi connectivity index (χ2n) is 4.81. The monoisotopic (exact) mass is 292 g/mol. The highest BCUT2D eigenvalue weighted by atomic mass is 35.5. The standard InChI is InChI=1S/C16H20N2O.ClH/c1-12(10-17-2)16(19)18-11-14-8-5-7-13-6-3-4-9-15(13)14;/h3-9,12,17H,10-11H2,1-2H3,(H,18,19);1H. The third-order valence-corrected chi connectivity index (χ3v) is 3.29. The molecule has 0 aliphatic heterocycles. The fourth-order valence-electron chi connectivity index (χ4n) is 2.20. The second kappa shape index (κ2) is 7.88. The van der Waals surface area contributed by atoms with E-state index in [1.54, 1.807) is 0 Å². The lowest BCUT2D eigenvalue weighted by atomic mass is 10.0. The van der Waals surface area contributed by atoms with Gasteiger partial charge < -0.3 is 10.6 Å². The van der Waals surface area contributed by atoms with Gasteiger partial charge in [-0.15, -0.1) is 12.4 Å². The molecule has 0 heterocycles. The van der Waals surface area contributed by atoms with Gasteiger partial charge in [-0.1, -0.05) is 49.4 Å². The summed E-state index contributed by atoms with van der Waals surface area (Å²) in [6.45, 7) is 3.20. The molecule has 0 aliphatic rings. The fraction of sp³-hybridized carbons (Fsp3) is 0.312. The molecule has 0 fully saturated rings. The SMILES string of the molecule is CNCC(C)C(=O)NCc1cccc2ccccc12.Cl. The van der Waals surface area contributed by atoms with Crippen molar-refractivity contribution in [3.63, 3.8) is 0 Å². The van der Waals surface area contributed by atoms with E-state index < -0.39 is 0 Å². The van der Waals surface area contributed by atoms with Crippen LogP contribution in [0.15, 0.2) is 42.5 Å². The summed E-state index contributed by atoms with van der Waals surface area (Å²) in [6, 6.07) is 14.4. The van der Waals surface area contributed by atoms with Crippen molar-refractivity contribution in [3.8, 4) is 0 Å². The number of carbonyl (C=O) groups excluding carboxylic acids is 1. The quantitative estimate of drug-likeness (QED) is 0.890. The van der Waals surface area contributed by atoms with Crippen LogP contribution >= 0.6 is 12.4 Å². The zero-order valence-electron chi connectivity index (χ0n) is 11.8. The summed E-state index contributed by atoms with van der Waals surface area (Å²) in [6.07, 6.45) is 0. The average Bonchev–Trinajstić information content (AvgIpc) is 2.45. The number of fused-ring (bicyclic) bond motifs is 1. The maximum Gasteiger partial charge on any atom is 0.224 e. The van der Waals surface area contributed by atoms with E-state index in [4.69, 9.17) is 0 Å². The third kappa shape index (κ3) is 3.95. The van der Waals surface area contributed by atoms with Gasteiger partial charge in [0.2, 0.25) is 5.91 Å². The van der Waals surface area contributed by atoms with E-state index in [9.17, 15) is 4.79 Å². The van der Waals surface area contributed by atoms with Gasteiger partial charge >= 0.3 is 0 Å². The van der Waals surface area contributed by atoms with E-state index in [2.05, 4.69) is 34.9 Å². The van der Waals surface area contributed by atoms with Crippen molar-refractivity contribution in [2.45, 2.75) is 13.5 Å². The minimum absolute atomic E-state index is 0. The van der Waals surface area contributed by atoms with E-state index in [-0.39, 0.29) is 24.2 Å². The molecule has 0 spiro atoms. The molecule has 2 rings (SSSR count). The Balaban J connectivity index is 0.00000200. The van der Waals surface area contributed by atoms with E-state index in [0.717, 1.165) is 5.56 Å². The first-order valence-electron chi connectivity index (χ1n) is 6.61. The van der Waals surface area contributed by atoms with Crippen LogP contribution in [0.1, 0.15) is 12.5 Å². The molecule has 0 radical (unpaired) electrons. The van der Waals surface area contributed by atoms with Gasteiger partial charge in [0, 0.05) is 19.0 Å². The number of carbonyl (C=O) groups is 1. The first-order valence-corrected chi connectivity index (χ1v) is 6.61. The number of halogens is 1. The molecule has 108 valence electrons. The Morgan fingerprint density at radius 3 is 2.60 bits per heavy atom. The lowest BCUT2D eigenvalue weighted by molar-refractivity contribution is -0.124. The van der Waals surface area contributed by atoms with Gasteiger partial charge in [0.05, 0.1) is 0 Å². The predicted octanol–water partition coefficient (Wildman–Crippen LogP) is 2.73. The highest BCUT2D eigenvalue weighted by Gasteiger charge is 2.11. The first-order chi connectivity index (χ1) is 9.22. The zero-order chi connectivity index (χ0) is 13.7. The molecule has 2 aromatic rings. The summed E-state index contributed by atoms with van der Waals surface area (Å²) < 4.78 is 0. The van der Waals surface area contributed by atoms with Gasteiger partial charge in [0.15, 0.2) is 0 Å². The Morgan fingerprint density at radius 1 is 1.15 bits per heavy atom. The van der Waals surface area contributed by atoms with Crippen LogP contribution < -0.4 is 10.6 Å². The number of amides is 1. The molecule has 0 saturated carbocycles. The van der Waals surface area contributed by atoms with Gasteiger partial charge in [-0.25, -0.2) is 0 Å². The van der Waals surface area contributed by atoms with Crippen molar-refractivity contribution in [2.24, 2.45) is 5.92 Å². The van der Waals surface area contributed by atoms with Gasteiger partial charge in [-0.05, 0) is 23.4 Å². The molecule has 0 bridgehead atoms. The fourth-order valence-corrected chi connectivity index (χ4v) is 2.20. The normalized spacial score (nSPS) is 11.7. The Morgan fingerprint density at radius 2 is 1.85 bits per heavy atom. The first kappa shape index (κ1) is 16.5. The van der Waals surface area contributed by atoms with Crippen molar-refractivity contribution in [2.75, 3.05) is 13.6 Å². The third-order valence-electron chi connectivity index (χ3n) is 3.29. The molecule has 3 nitrogen and oxygen atoms in total. The summed E-state index contributed by atoms with van der Waals surface area (Å²) in [5.74, 6) is 0.0715. The molecule has 4 heteroatoms. The molecular formula is C16H21ClN2O. The van der Waals surface area contributed by atoms with Crippen molar-refractivity contribution in [3.05, 3.63) is 48.0 Å². The predicted molar refractivity (Wildman–Crippen MR) is 86.1 cm³/mol. The molecule has 0 aromatic heterocycles. The Kier molecular flexibility index (Phi) is 6.49. The van der Waals surface area contributed by atoms with Crippen molar-refractivity contribution < 1.29 is 4.79 Å². The summed E-state index contributed by atoms with van der Waals surface area (Å²) in [5, 5.41) is 8.42. The minimum atomic E-state index is -0.0139. The molecule has 1 unspecified atom stereocenters. The highest BCUT2D eigenvalue weighted by molar-refractivity contribution is 5.86. The van der Waals surface area contributed by atoms with Crippen LogP contribution in [0, 0.1) is 5.92 Å². The topological polar surface area (TPSA) is 41.1 Å². The summed E-state index contributed by atoms with van der Waals surface area (Å²) in [4.78, 5) is 11.9. The molecule has 2 N–H and O–H groups in total. The molecule has 1 atom stereocenters. The number of hydrogen-bond acceptors (Lipinski definition) is 2. The zero-order valence-corrected chi connectivity index (χ0v) is 12.7. The van der Waals surface area contributed by atoms with Crippen LogP contribution in [0.5, 0.6) is 0 Å². The van der Waals surface area contributed by atoms with Gasteiger partial charge in [0.25, 0.3) is 0 Å². The maximum absolute atomic E-state index is 11.9. The Labute approximate surface area is 126 Å². The van der Waals surface area contributed by atoms with Gasteiger partial charge in [-0.3, -0.25) is 4.79 Å². The lowest BCUT2D eigenvalue weighted by Gasteiger charge is -2.12. The van der Waals surface area contributed by atoms with E-state index in [1.807, 2.05) is 32.2 Å².